The zero-order valence-corrected chi connectivity index (χ0v) is 76.1. The summed E-state index contributed by atoms with van der Waals surface area (Å²) in [6.45, 7) is 55.0. The second-order valence-electron chi connectivity index (χ2n) is 43.0. The van der Waals surface area contributed by atoms with E-state index in [1.807, 2.05) is 6.07 Å². The van der Waals surface area contributed by atoms with Crippen LogP contribution in [0.3, 0.4) is 0 Å². The zero-order chi connectivity index (χ0) is 93.2. The van der Waals surface area contributed by atoms with Gasteiger partial charge in [0.25, 0.3) is 0 Å². The Labute approximate surface area is 739 Å². The van der Waals surface area contributed by atoms with E-state index in [0.29, 0.717) is 11.4 Å². The van der Waals surface area contributed by atoms with Crippen LogP contribution >= 0.6 is 0 Å². The van der Waals surface area contributed by atoms with E-state index >= 15 is 0 Å². The molecule has 0 N–H and O–H groups in total. The zero-order valence-electron chi connectivity index (χ0n) is 84.1. The van der Waals surface area contributed by atoms with E-state index in [-0.39, 0.29) is 77.7 Å². The molecule has 14 aromatic carbocycles. The van der Waals surface area contributed by atoms with Gasteiger partial charge in [0, 0.05) is 44.6 Å². The van der Waals surface area contributed by atoms with Crippen LogP contribution < -0.4 is 14.7 Å². The van der Waals surface area contributed by atoms with Crippen molar-refractivity contribution < 1.29 is 11.0 Å². The Kier molecular flexibility index (Phi) is 17.1. The lowest BCUT2D eigenvalue weighted by Gasteiger charge is -2.49. The summed E-state index contributed by atoms with van der Waals surface area (Å²) < 4.78 is 79.4. The first kappa shape index (κ1) is 72.0. The first-order valence-electron chi connectivity index (χ1n) is 47.9. The van der Waals surface area contributed by atoms with Gasteiger partial charge in [0.05, 0.1) is 73.2 Å². The average molecular weight is 1600 g/mol. The number of benzene rings is 14. The second-order valence-corrected chi connectivity index (χ2v) is 43.0. The monoisotopic (exact) mass is 1600 g/mol. The predicted molar refractivity (Wildman–Crippen MR) is 525 cm³/mol. The summed E-state index contributed by atoms with van der Waals surface area (Å²) in [5.41, 5.74) is 32.2. The molecule has 0 saturated carbocycles. The highest BCUT2D eigenvalue weighted by Crippen LogP contribution is 2.68. The van der Waals surface area contributed by atoms with Crippen LogP contribution in [0, 0.1) is 0 Å². The van der Waals surface area contributed by atoms with Gasteiger partial charge in [-0.3, -0.25) is 0 Å². The lowest BCUT2D eigenvalue weighted by atomic mass is 9.74. The summed E-state index contributed by atoms with van der Waals surface area (Å²) in [5.74, 6) is -0.332. The van der Waals surface area contributed by atoms with E-state index in [9.17, 15) is 11.0 Å². The maximum atomic E-state index is 10.2. The van der Waals surface area contributed by atoms with Crippen molar-refractivity contribution in [1.82, 2.24) is 4.57 Å². The van der Waals surface area contributed by atoms with Crippen LogP contribution in [0.5, 0.6) is 0 Å². The minimum Gasteiger partial charge on any atom is -0.309 e. The van der Waals surface area contributed by atoms with Gasteiger partial charge >= 0.3 is 0 Å². The molecule has 18 rings (SSSR count). The third kappa shape index (κ3) is 14.4. The molecule has 0 spiro atoms. The van der Waals surface area contributed by atoms with Crippen LogP contribution in [0.1, 0.15) is 255 Å². The molecular formula is C118H122N4. The molecule has 122 heavy (non-hydrogen) atoms. The summed E-state index contributed by atoms with van der Waals surface area (Å²) in [6.07, 6.45) is 0.750. The number of fused-ring (bicyclic) bond motifs is 9. The molecule has 3 aliphatic rings. The number of hydrogen-bond acceptors (Lipinski definition) is 3. The molecule has 2 aliphatic heterocycles. The van der Waals surface area contributed by atoms with Crippen LogP contribution in [0.15, 0.2) is 285 Å². The van der Waals surface area contributed by atoms with Gasteiger partial charge in [-0.25, -0.2) is 0 Å². The quantitative estimate of drug-likeness (QED) is 0.143. The number of para-hydroxylation sites is 2. The van der Waals surface area contributed by atoms with Crippen LogP contribution in [0.2, 0.25) is 0 Å². The van der Waals surface area contributed by atoms with Crippen molar-refractivity contribution in [3.63, 3.8) is 0 Å². The average Bonchev–Trinajstić information content (AvgIpc) is 0.988. The van der Waals surface area contributed by atoms with Gasteiger partial charge in [-0.1, -0.05) is 372 Å². The van der Waals surface area contributed by atoms with Gasteiger partial charge in [0.1, 0.15) is 0 Å². The first-order valence-corrected chi connectivity index (χ1v) is 43.9. The van der Waals surface area contributed by atoms with E-state index in [2.05, 4.69) is 411 Å². The molecule has 4 nitrogen and oxygen atoms in total. The van der Waals surface area contributed by atoms with Crippen molar-refractivity contribution in [2.24, 2.45) is 0 Å². The number of rotatable bonds is 9. The van der Waals surface area contributed by atoms with Crippen LogP contribution in [-0.2, 0) is 49.7 Å². The Bertz CT molecular complexity index is 6840. The molecule has 0 bridgehead atoms. The van der Waals surface area contributed by atoms with Crippen molar-refractivity contribution in [1.29, 1.82) is 0 Å². The van der Waals surface area contributed by atoms with Crippen molar-refractivity contribution in [2.75, 3.05) is 14.7 Å². The number of aromatic nitrogens is 1. The van der Waals surface area contributed by atoms with E-state index in [1.54, 1.807) is 4.57 Å². The summed E-state index contributed by atoms with van der Waals surface area (Å²) in [6, 6.07) is 87.1. The smallest absolute Gasteiger partial charge is 0.0948 e. The molecular weight excluding hydrogens is 1470 g/mol. The predicted octanol–water partition coefficient (Wildman–Crippen LogP) is 33.6. The van der Waals surface area contributed by atoms with Crippen molar-refractivity contribution in [2.45, 2.75) is 222 Å². The Morgan fingerprint density at radius 1 is 0.254 bits per heavy atom. The fraction of sp³-hybridized carbons (Fsp3) is 0.288. The van der Waals surface area contributed by atoms with Crippen molar-refractivity contribution >= 4 is 73.0 Å². The summed E-state index contributed by atoms with van der Waals surface area (Å²) in [5, 5.41) is 0.00424. The van der Waals surface area contributed by atoms with E-state index in [4.69, 9.17) is 0 Å². The normalized spacial score (nSPS) is 14.9. The van der Waals surface area contributed by atoms with Crippen LogP contribution in [-0.4, -0.2) is 4.57 Å². The highest BCUT2D eigenvalue weighted by molar-refractivity contribution is 6.18. The van der Waals surface area contributed by atoms with Crippen molar-refractivity contribution in [3.8, 4) is 61.3 Å². The molecule has 15 aromatic rings. The Hall–Kier alpha value is -11.7. The Morgan fingerprint density at radius 3 is 0.934 bits per heavy atom. The van der Waals surface area contributed by atoms with Gasteiger partial charge in [0.2, 0.25) is 0 Å². The standard InChI is InChI=1S/C118H122N4/c1-111(2,3)82-50-41-73(42-51-82)95-68-88(117(19,20)21)69-96(74-43-52-83(53-44-74)112(4,5)6)108(95)121-101-59-49-77(80-62-86(115(13,14)15)67-87(63-80)116(16,17)18)64-103(101)120-102-60-58-90(119-99-39-31-29-37-93(99)94-38-30-32-40-100(94)119)72-104(102)122(106-66-81(65-105(121)110(106)120)107-91-35-27-25-33-78(91)61-79-34-26-28-36-92(79)107)109-97(75-45-54-84(55-46-75)113(7,8)9)70-89(118(22,23)24)71-98(109)76-47-56-85(57-48-76)114(10,11)12/h25-60,62-72,107H,61H2,1-24H3/i29D,30D,31D,32D,37D,38D,39D,40D. The molecule has 0 fully saturated rings. The molecule has 0 radical (unpaired) electrons. The van der Waals surface area contributed by atoms with E-state index < -0.39 is 41.7 Å². The fourth-order valence-electron chi connectivity index (χ4n) is 18.7. The van der Waals surface area contributed by atoms with E-state index in [1.165, 1.54) is 61.2 Å². The summed E-state index contributed by atoms with van der Waals surface area (Å²) >= 11 is 0. The molecule has 4 heteroatoms. The first-order chi connectivity index (χ1) is 60.9. The molecule has 0 saturated heterocycles. The second kappa shape index (κ2) is 29.0. The fourth-order valence-corrected chi connectivity index (χ4v) is 18.7. The van der Waals surface area contributed by atoms with Gasteiger partial charge < -0.3 is 19.3 Å². The molecule has 0 atom stereocenters. The Balaban J connectivity index is 1.11. The maximum Gasteiger partial charge on any atom is 0.0948 e. The molecule has 614 valence electrons. The Morgan fingerprint density at radius 2 is 0.566 bits per heavy atom. The highest BCUT2D eigenvalue weighted by Gasteiger charge is 2.45. The third-order valence-corrected chi connectivity index (χ3v) is 26.1. The SMILES string of the molecule is [2H]c1c([2H])c([2H])c2c(c1[2H])c1c([2H])c([2H])c([2H])c([2H])c1n2-c1ccc2c(c1)N(c1c(-c3ccc(C(C)(C)C)cc3)cc(C(C)(C)C)cc1-c1ccc(C(C)(C)C)cc1)c1cc(C3c4ccccc4Cc4ccccc43)cc3c1N2c1cc(-c2cc(C(C)(C)C)cc(C(C)(C)C)c2)ccc1N3c1c(-c2ccc(C(C)(C)C)cc2)cc(C(C)(C)C)cc1-c1ccc(C(C)(C)C)cc1. The number of anilines is 9. The van der Waals surface area contributed by atoms with Gasteiger partial charge in [0.15, 0.2) is 0 Å². The molecule has 3 heterocycles. The minimum absolute atomic E-state index is 0.00212. The van der Waals surface area contributed by atoms with E-state index in [0.717, 1.165) is 119 Å². The van der Waals surface area contributed by atoms with Crippen LogP contribution in [0.4, 0.5) is 51.2 Å². The lowest BCUT2D eigenvalue weighted by Crippen LogP contribution is -2.32. The summed E-state index contributed by atoms with van der Waals surface area (Å²) in [7, 11) is 0. The van der Waals surface area contributed by atoms with Crippen molar-refractivity contribution in [3.05, 3.63) is 357 Å². The number of nitrogens with zero attached hydrogens (tertiary/aromatic N) is 4. The molecule has 0 unspecified atom stereocenters. The summed E-state index contributed by atoms with van der Waals surface area (Å²) in [4.78, 5) is 7.69. The van der Waals surface area contributed by atoms with Gasteiger partial charge in [-0.05, 0) is 234 Å². The molecule has 0 amide bonds. The highest BCUT2D eigenvalue weighted by atomic mass is 15.3. The maximum absolute atomic E-state index is 10.2. The minimum atomic E-state index is -0.505. The van der Waals surface area contributed by atoms with Gasteiger partial charge in [-0.15, -0.1) is 0 Å². The molecule has 1 aliphatic carbocycles. The lowest BCUT2D eigenvalue weighted by molar-refractivity contribution is 0.569. The third-order valence-electron chi connectivity index (χ3n) is 26.1. The number of hydrogen-bond donors (Lipinski definition) is 0. The largest absolute Gasteiger partial charge is 0.309 e. The molecule has 1 aromatic heterocycles. The topological polar surface area (TPSA) is 14.7 Å². The van der Waals surface area contributed by atoms with Gasteiger partial charge in [-0.2, -0.15) is 0 Å². The van der Waals surface area contributed by atoms with Crippen LogP contribution in [0.25, 0.3) is 83.1 Å².